The lowest BCUT2D eigenvalue weighted by Gasteiger charge is -2.39. The minimum Gasteiger partial charge on any atom is -0.297 e. The van der Waals surface area contributed by atoms with E-state index in [2.05, 4.69) is 0 Å². The highest BCUT2D eigenvalue weighted by Gasteiger charge is 2.82. The first kappa shape index (κ1) is 29.7. The standard InChI is InChI=1S/C43H33NO4/c1-26-14-18-30(19-15-26)35-36(31-20-16-27(2)17-21-31)43(33-12-8-5-9-13-33)38-37(42(35,41(43)48)32-10-6-4-7-11-32)39(46)44(40(38)47)34-24-22-29(23-25-34)28(3)45/h4-25,37-38H,1-3H3/t37-,38-,42+,43+/m1/s1. The van der Waals surface area contributed by atoms with Gasteiger partial charge in [0.2, 0.25) is 11.8 Å². The third-order valence-corrected chi connectivity index (χ3v) is 10.7. The molecular formula is C43H33NO4. The number of hydrogen-bond acceptors (Lipinski definition) is 4. The summed E-state index contributed by atoms with van der Waals surface area (Å²) in [6.45, 7) is 5.52. The van der Waals surface area contributed by atoms with Crippen molar-refractivity contribution in [3.63, 3.8) is 0 Å². The summed E-state index contributed by atoms with van der Waals surface area (Å²) in [7, 11) is 0. The molecule has 1 saturated carbocycles. The van der Waals surface area contributed by atoms with Gasteiger partial charge in [0.25, 0.3) is 0 Å². The van der Waals surface area contributed by atoms with E-state index in [0.29, 0.717) is 22.4 Å². The molecule has 5 aromatic carbocycles. The van der Waals surface area contributed by atoms with Crippen molar-refractivity contribution in [1.29, 1.82) is 0 Å². The number of imide groups is 1. The number of Topliss-reactive ketones (excluding diaryl/α,β-unsaturated/α-hetero) is 2. The number of nitrogens with zero attached hydrogens (tertiary/aromatic N) is 1. The maximum atomic E-state index is 16.0. The van der Waals surface area contributed by atoms with E-state index in [4.69, 9.17) is 0 Å². The molecule has 5 nitrogen and oxygen atoms in total. The SMILES string of the molecule is CC(=O)c1ccc(N2C(=O)[C@H]3[C@H](C2=O)[C@@]2(c4ccccc4)C(=O)[C@@]3(c3ccccc3)C(c3ccc(C)cc3)=C2c2ccc(C)cc2)cc1. The van der Waals surface area contributed by atoms with Crippen LogP contribution in [0.2, 0.25) is 0 Å². The first-order chi connectivity index (χ1) is 23.2. The number of anilines is 1. The number of carbonyl (C=O) groups excluding carboxylic acids is 4. The number of fused-ring (bicyclic) bond motifs is 5. The summed E-state index contributed by atoms with van der Waals surface area (Å²) < 4.78 is 0. The number of benzene rings is 5. The summed E-state index contributed by atoms with van der Waals surface area (Å²) in [5, 5.41) is 0. The Morgan fingerprint density at radius 1 is 0.542 bits per heavy atom. The van der Waals surface area contributed by atoms with Gasteiger partial charge in [-0.3, -0.25) is 19.2 Å². The van der Waals surface area contributed by atoms with Gasteiger partial charge in [0.15, 0.2) is 11.6 Å². The molecule has 5 heteroatoms. The lowest BCUT2D eigenvalue weighted by molar-refractivity contribution is -0.130. The molecule has 0 radical (unpaired) electrons. The molecule has 4 atom stereocenters. The predicted octanol–water partition coefficient (Wildman–Crippen LogP) is 7.69. The lowest BCUT2D eigenvalue weighted by Crippen LogP contribution is -2.45. The van der Waals surface area contributed by atoms with Crippen LogP contribution in [-0.4, -0.2) is 23.4 Å². The molecule has 0 spiro atoms. The molecule has 2 bridgehead atoms. The lowest BCUT2D eigenvalue weighted by atomic mass is 9.59. The Labute approximate surface area is 279 Å². The van der Waals surface area contributed by atoms with Gasteiger partial charge in [-0.1, -0.05) is 120 Å². The van der Waals surface area contributed by atoms with Crippen LogP contribution in [0, 0.1) is 25.7 Å². The molecule has 1 aliphatic heterocycles. The van der Waals surface area contributed by atoms with Crippen molar-refractivity contribution in [2.75, 3.05) is 4.90 Å². The predicted molar refractivity (Wildman–Crippen MR) is 186 cm³/mol. The van der Waals surface area contributed by atoms with Crippen LogP contribution in [0.3, 0.4) is 0 Å². The summed E-state index contributed by atoms with van der Waals surface area (Å²) >= 11 is 0. The number of ketones is 2. The monoisotopic (exact) mass is 627 g/mol. The van der Waals surface area contributed by atoms with E-state index in [-0.39, 0.29) is 11.6 Å². The molecule has 0 N–H and O–H groups in total. The van der Waals surface area contributed by atoms with Crippen molar-refractivity contribution < 1.29 is 19.2 Å². The fourth-order valence-corrected chi connectivity index (χ4v) is 8.66. The normalized spacial score (nSPS) is 24.4. The molecule has 2 amide bonds. The quantitative estimate of drug-likeness (QED) is 0.143. The molecular weight excluding hydrogens is 594 g/mol. The van der Waals surface area contributed by atoms with Crippen molar-refractivity contribution in [2.45, 2.75) is 31.6 Å². The molecule has 234 valence electrons. The summed E-state index contributed by atoms with van der Waals surface area (Å²) in [6.07, 6.45) is 0. The van der Waals surface area contributed by atoms with E-state index in [0.717, 1.165) is 33.4 Å². The minimum atomic E-state index is -1.46. The van der Waals surface area contributed by atoms with Crippen molar-refractivity contribution >= 4 is 40.2 Å². The molecule has 2 aliphatic carbocycles. The van der Waals surface area contributed by atoms with E-state index in [1.54, 1.807) is 24.3 Å². The topological polar surface area (TPSA) is 71.5 Å². The van der Waals surface area contributed by atoms with Crippen LogP contribution in [0.15, 0.2) is 133 Å². The third kappa shape index (κ3) is 3.79. The van der Waals surface area contributed by atoms with Gasteiger partial charge in [-0.2, -0.15) is 0 Å². The van der Waals surface area contributed by atoms with E-state index in [9.17, 15) is 4.79 Å². The van der Waals surface area contributed by atoms with Gasteiger partial charge in [-0.15, -0.1) is 0 Å². The Bertz CT molecular complexity index is 2040. The number of allylic oxidation sites excluding steroid dienone is 2. The average molecular weight is 628 g/mol. The molecule has 8 rings (SSSR count). The Kier molecular flexibility index (Phi) is 6.61. The van der Waals surface area contributed by atoms with Crippen LogP contribution in [0.4, 0.5) is 5.69 Å². The number of aryl methyl sites for hydroxylation is 2. The van der Waals surface area contributed by atoms with Crippen molar-refractivity contribution in [1.82, 2.24) is 0 Å². The van der Waals surface area contributed by atoms with Crippen LogP contribution < -0.4 is 4.90 Å². The van der Waals surface area contributed by atoms with Gasteiger partial charge in [-0.25, -0.2) is 4.90 Å². The van der Waals surface area contributed by atoms with Crippen LogP contribution in [0.25, 0.3) is 11.1 Å². The summed E-state index contributed by atoms with van der Waals surface area (Å²) in [6, 6.07) is 41.9. The highest BCUT2D eigenvalue weighted by Crippen LogP contribution is 2.74. The van der Waals surface area contributed by atoms with E-state index in [1.165, 1.54) is 11.8 Å². The number of carbonyl (C=O) groups is 4. The number of amides is 2. The zero-order valence-corrected chi connectivity index (χ0v) is 26.9. The Hall–Kier alpha value is -5.68. The maximum absolute atomic E-state index is 16.0. The molecule has 5 aromatic rings. The molecule has 1 heterocycles. The second-order valence-electron chi connectivity index (χ2n) is 13.2. The highest BCUT2D eigenvalue weighted by atomic mass is 16.2. The molecule has 48 heavy (non-hydrogen) atoms. The maximum Gasteiger partial charge on any atom is 0.239 e. The Morgan fingerprint density at radius 2 is 0.938 bits per heavy atom. The highest BCUT2D eigenvalue weighted by molar-refractivity contribution is 6.39. The van der Waals surface area contributed by atoms with Crippen LogP contribution in [-0.2, 0) is 25.2 Å². The fourth-order valence-electron chi connectivity index (χ4n) is 8.66. The van der Waals surface area contributed by atoms with Gasteiger partial charge < -0.3 is 0 Å². The molecule has 0 aromatic heterocycles. The van der Waals surface area contributed by atoms with Gasteiger partial charge in [0, 0.05) is 5.56 Å². The van der Waals surface area contributed by atoms with Crippen LogP contribution >= 0.6 is 0 Å². The minimum absolute atomic E-state index is 0.109. The first-order valence-corrected chi connectivity index (χ1v) is 16.3. The summed E-state index contributed by atoms with van der Waals surface area (Å²) in [5.41, 5.74) is 4.69. The fraction of sp³-hybridized carbons (Fsp3) is 0.163. The molecule has 1 saturated heterocycles. The zero-order chi connectivity index (χ0) is 33.4. The van der Waals surface area contributed by atoms with Crippen molar-refractivity contribution in [2.24, 2.45) is 11.8 Å². The second kappa shape index (κ2) is 10.7. The van der Waals surface area contributed by atoms with Gasteiger partial charge in [0.05, 0.1) is 28.4 Å². The molecule has 0 unspecified atom stereocenters. The third-order valence-electron chi connectivity index (χ3n) is 10.7. The Balaban J connectivity index is 1.52. The largest absolute Gasteiger partial charge is 0.297 e. The summed E-state index contributed by atoms with van der Waals surface area (Å²) in [5.74, 6) is -3.09. The van der Waals surface area contributed by atoms with Gasteiger partial charge >= 0.3 is 0 Å². The Morgan fingerprint density at radius 3 is 1.31 bits per heavy atom. The number of rotatable bonds is 6. The van der Waals surface area contributed by atoms with E-state index >= 15 is 14.4 Å². The van der Waals surface area contributed by atoms with Crippen molar-refractivity contribution in [3.05, 3.63) is 172 Å². The average Bonchev–Trinajstić information content (AvgIpc) is 3.62. The van der Waals surface area contributed by atoms with Crippen LogP contribution in [0.5, 0.6) is 0 Å². The first-order valence-electron chi connectivity index (χ1n) is 16.3. The summed E-state index contributed by atoms with van der Waals surface area (Å²) in [4.78, 5) is 59.5. The van der Waals surface area contributed by atoms with Crippen LogP contribution in [0.1, 0.15) is 50.7 Å². The van der Waals surface area contributed by atoms with E-state index in [1.807, 2.05) is 123 Å². The van der Waals surface area contributed by atoms with Gasteiger partial charge in [0.1, 0.15) is 0 Å². The number of hydrogen-bond donors (Lipinski definition) is 0. The van der Waals surface area contributed by atoms with E-state index < -0.39 is 34.5 Å². The smallest absolute Gasteiger partial charge is 0.239 e. The zero-order valence-electron chi connectivity index (χ0n) is 26.9. The second-order valence-corrected chi connectivity index (χ2v) is 13.2. The molecule has 2 fully saturated rings. The molecule has 3 aliphatic rings. The van der Waals surface area contributed by atoms with Gasteiger partial charge in [-0.05, 0) is 78.4 Å². The van der Waals surface area contributed by atoms with Crippen molar-refractivity contribution in [3.8, 4) is 0 Å².